The van der Waals surface area contributed by atoms with Crippen LogP contribution in [0.15, 0.2) is 77.7 Å². The lowest BCUT2D eigenvalue weighted by Crippen LogP contribution is -2.39. The zero-order valence-corrected chi connectivity index (χ0v) is 18.2. The van der Waals surface area contributed by atoms with Crippen LogP contribution < -0.4 is 5.32 Å². The van der Waals surface area contributed by atoms with E-state index < -0.39 is 10.1 Å². The van der Waals surface area contributed by atoms with Crippen molar-refractivity contribution in [2.75, 3.05) is 20.2 Å². The fourth-order valence-corrected chi connectivity index (χ4v) is 3.67. The molecule has 0 unspecified atom stereocenters. The first-order valence-electron chi connectivity index (χ1n) is 9.82. The molecule has 0 amide bonds. The Morgan fingerprint density at radius 3 is 2.10 bits per heavy atom. The second kappa shape index (κ2) is 9.87. The quantitative estimate of drug-likeness (QED) is 0.470. The van der Waals surface area contributed by atoms with E-state index in [2.05, 4.69) is 29.6 Å². The molecule has 3 aromatic rings. The van der Waals surface area contributed by atoms with E-state index in [-0.39, 0.29) is 10.9 Å². The minimum absolute atomic E-state index is 0.0666. The molecule has 6 nitrogen and oxygen atoms in total. The van der Waals surface area contributed by atoms with Crippen LogP contribution in [0.3, 0.4) is 0 Å². The Hall–Kier alpha value is -3.00. The van der Waals surface area contributed by atoms with Crippen LogP contribution in [0.25, 0.3) is 11.1 Å². The molecule has 0 radical (unpaired) electrons. The molecule has 0 aliphatic carbocycles. The summed E-state index contributed by atoms with van der Waals surface area (Å²) in [6.07, 6.45) is 0. The van der Waals surface area contributed by atoms with Gasteiger partial charge in [-0.2, -0.15) is 8.42 Å². The standard InChI is InChI=1S/C17H17NO2.C7H8O3S/c1-20-17(19)16-5-3-2-4-15(16)13-8-6-12(7-9-13)14-10-18-11-14;1-6-2-4-7(5-3-6)11(8,9)10/h2-9,14,18H,10-11H2,1H3;2-5H,1H3,(H,8,9,10). The van der Waals surface area contributed by atoms with E-state index in [0.29, 0.717) is 11.5 Å². The van der Waals surface area contributed by atoms with Gasteiger partial charge in [0.15, 0.2) is 0 Å². The molecule has 1 aliphatic rings. The first kappa shape index (κ1) is 22.7. The Balaban J connectivity index is 0.000000210. The number of nitrogens with one attached hydrogen (secondary N) is 1. The summed E-state index contributed by atoms with van der Waals surface area (Å²) in [6, 6.07) is 22.0. The average molecular weight is 440 g/mol. The largest absolute Gasteiger partial charge is 0.465 e. The van der Waals surface area contributed by atoms with Gasteiger partial charge < -0.3 is 10.1 Å². The maximum absolute atomic E-state index is 11.8. The Labute approximate surface area is 182 Å². The minimum atomic E-state index is -4.02. The van der Waals surface area contributed by atoms with Crippen molar-refractivity contribution < 1.29 is 22.5 Å². The van der Waals surface area contributed by atoms with Gasteiger partial charge in [-0.15, -0.1) is 0 Å². The highest BCUT2D eigenvalue weighted by Gasteiger charge is 2.19. The van der Waals surface area contributed by atoms with Gasteiger partial charge in [0.2, 0.25) is 0 Å². The van der Waals surface area contributed by atoms with Crippen molar-refractivity contribution in [1.29, 1.82) is 0 Å². The molecule has 0 aromatic heterocycles. The van der Waals surface area contributed by atoms with Gasteiger partial charge in [0.25, 0.3) is 10.1 Å². The summed E-state index contributed by atoms with van der Waals surface area (Å²) >= 11 is 0. The van der Waals surface area contributed by atoms with Crippen LogP contribution >= 0.6 is 0 Å². The van der Waals surface area contributed by atoms with Crippen molar-refractivity contribution in [3.05, 3.63) is 89.5 Å². The van der Waals surface area contributed by atoms with Crippen molar-refractivity contribution >= 4 is 16.1 Å². The summed E-state index contributed by atoms with van der Waals surface area (Å²) in [7, 11) is -2.61. The molecule has 3 aromatic carbocycles. The highest BCUT2D eigenvalue weighted by atomic mass is 32.2. The highest BCUT2D eigenvalue weighted by Crippen LogP contribution is 2.27. The predicted octanol–water partition coefficient (Wildman–Crippen LogP) is 4.07. The van der Waals surface area contributed by atoms with Crippen molar-refractivity contribution in [3.63, 3.8) is 0 Å². The molecule has 4 rings (SSSR count). The van der Waals surface area contributed by atoms with Crippen molar-refractivity contribution in [2.45, 2.75) is 17.7 Å². The molecule has 1 fully saturated rings. The molecule has 1 saturated heterocycles. The van der Waals surface area contributed by atoms with Gasteiger partial charge in [-0.25, -0.2) is 4.79 Å². The number of rotatable bonds is 4. The SMILES string of the molecule is COC(=O)c1ccccc1-c1ccc(C2CNC2)cc1.Cc1ccc(S(=O)(=O)O)cc1. The predicted molar refractivity (Wildman–Crippen MR) is 120 cm³/mol. The summed E-state index contributed by atoms with van der Waals surface area (Å²) in [5.74, 6) is 0.327. The molecule has 31 heavy (non-hydrogen) atoms. The van der Waals surface area contributed by atoms with E-state index in [1.54, 1.807) is 18.2 Å². The summed E-state index contributed by atoms with van der Waals surface area (Å²) in [5, 5.41) is 3.28. The highest BCUT2D eigenvalue weighted by molar-refractivity contribution is 7.85. The molecule has 162 valence electrons. The van der Waals surface area contributed by atoms with Crippen LogP contribution in [-0.4, -0.2) is 39.1 Å². The minimum Gasteiger partial charge on any atom is -0.465 e. The first-order valence-corrected chi connectivity index (χ1v) is 11.3. The monoisotopic (exact) mass is 439 g/mol. The molecule has 0 bridgehead atoms. The van der Waals surface area contributed by atoms with Gasteiger partial charge in [0.05, 0.1) is 17.6 Å². The van der Waals surface area contributed by atoms with Crippen LogP contribution in [-0.2, 0) is 14.9 Å². The number of benzene rings is 3. The molecular weight excluding hydrogens is 414 g/mol. The number of aryl methyl sites for hydroxylation is 1. The number of carbonyl (C=O) groups is 1. The van der Waals surface area contributed by atoms with Crippen molar-refractivity contribution in [1.82, 2.24) is 5.32 Å². The third kappa shape index (κ3) is 5.79. The van der Waals surface area contributed by atoms with Gasteiger partial charge in [-0.1, -0.05) is 60.2 Å². The molecule has 1 aliphatic heterocycles. The second-order valence-electron chi connectivity index (χ2n) is 7.30. The maximum Gasteiger partial charge on any atom is 0.338 e. The first-order chi connectivity index (χ1) is 14.8. The second-order valence-corrected chi connectivity index (χ2v) is 8.72. The third-order valence-corrected chi connectivity index (χ3v) is 5.99. The van der Waals surface area contributed by atoms with Gasteiger partial charge in [-0.05, 0) is 41.8 Å². The lowest BCUT2D eigenvalue weighted by Gasteiger charge is -2.27. The summed E-state index contributed by atoms with van der Waals surface area (Å²) < 4.78 is 34.4. The van der Waals surface area contributed by atoms with E-state index in [9.17, 15) is 13.2 Å². The van der Waals surface area contributed by atoms with Crippen LogP contribution in [0.2, 0.25) is 0 Å². The van der Waals surface area contributed by atoms with Crippen molar-refractivity contribution in [2.24, 2.45) is 0 Å². The van der Waals surface area contributed by atoms with E-state index in [1.807, 2.05) is 25.1 Å². The number of carbonyl (C=O) groups excluding carboxylic acids is 1. The van der Waals surface area contributed by atoms with E-state index in [0.717, 1.165) is 29.8 Å². The third-order valence-electron chi connectivity index (χ3n) is 5.13. The molecule has 2 N–H and O–H groups in total. The van der Waals surface area contributed by atoms with Gasteiger partial charge in [0, 0.05) is 19.0 Å². The lowest BCUT2D eigenvalue weighted by atomic mass is 9.91. The number of hydrogen-bond donors (Lipinski definition) is 2. The number of methoxy groups -OCH3 is 1. The number of hydrogen-bond acceptors (Lipinski definition) is 5. The zero-order valence-electron chi connectivity index (χ0n) is 17.4. The van der Waals surface area contributed by atoms with E-state index in [1.165, 1.54) is 24.8 Å². The average Bonchev–Trinajstić information content (AvgIpc) is 2.73. The fourth-order valence-electron chi connectivity index (χ4n) is 3.19. The van der Waals surface area contributed by atoms with E-state index >= 15 is 0 Å². The molecule has 1 heterocycles. The van der Waals surface area contributed by atoms with Crippen LogP contribution in [0, 0.1) is 6.92 Å². The van der Waals surface area contributed by atoms with Gasteiger partial charge in [0.1, 0.15) is 0 Å². The topological polar surface area (TPSA) is 92.7 Å². The number of ether oxygens (including phenoxy) is 1. The Morgan fingerprint density at radius 2 is 1.58 bits per heavy atom. The molecule has 0 spiro atoms. The smallest absolute Gasteiger partial charge is 0.338 e. The fraction of sp³-hybridized carbons (Fsp3) is 0.208. The lowest BCUT2D eigenvalue weighted by molar-refractivity contribution is 0.0601. The Bertz CT molecular complexity index is 1140. The summed E-state index contributed by atoms with van der Waals surface area (Å²) in [6.45, 7) is 3.95. The van der Waals surface area contributed by atoms with Gasteiger partial charge >= 0.3 is 5.97 Å². The summed E-state index contributed by atoms with van der Waals surface area (Å²) in [5.41, 5.74) is 4.87. The Kier molecular flexibility index (Phi) is 7.22. The number of esters is 1. The Morgan fingerprint density at radius 1 is 0.968 bits per heavy atom. The van der Waals surface area contributed by atoms with Crippen LogP contribution in [0.5, 0.6) is 0 Å². The van der Waals surface area contributed by atoms with E-state index in [4.69, 9.17) is 9.29 Å². The van der Waals surface area contributed by atoms with Gasteiger partial charge in [-0.3, -0.25) is 4.55 Å². The molecular formula is C24H25NO5S. The molecule has 0 atom stereocenters. The maximum atomic E-state index is 11.8. The van der Waals surface area contributed by atoms with Crippen LogP contribution in [0.4, 0.5) is 0 Å². The van der Waals surface area contributed by atoms with Crippen LogP contribution in [0.1, 0.15) is 27.4 Å². The molecule has 7 heteroatoms. The van der Waals surface area contributed by atoms with Crippen molar-refractivity contribution in [3.8, 4) is 11.1 Å². The molecule has 0 saturated carbocycles. The zero-order chi connectivity index (χ0) is 22.4. The normalized spacial score (nSPS) is 13.5. The summed E-state index contributed by atoms with van der Waals surface area (Å²) in [4.78, 5) is 11.7.